The second-order valence-electron chi connectivity index (χ2n) is 9.01. The molecule has 2 aromatic rings. The second-order valence-corrected chi connectivity index (χ2v) is 9.01. The Bertz CT molecular complexity index is 1120. The number of hydrogen-bond donors (Lipinski definition) is 5. The number of rotatable bonds is 10. The largest absolute Gasteiger partial charge is 0.496 e. The van der Waals surface area contributed by atoms with Gasteiger partial charge in [0.25, 0.3) is 5.91 Å². The lowest BCUT2D eigenvalue weighted by atomic mass is 9.95. The lowest BCUT2D eigenvalue weighted by molar-refractivity contribution is -0.126. The third kappa shape index (κ3) is 5.31. The number of carbonyl (C=O) groups excluding carboxylic acids is 3. The van der Waals surface area contributed by atoms with E-state index in [2.05, 4.69) is 20.9 Å². The van der Waals surface area contributed by atoms with Gasteiger partial charge in [0.05, 0.1) is 19.2 Å². The van der Waals surface area contributed by atoms with Crippen molar-refractivity contribution in [2.75, 3.05) is 13.7 Å². The monoisotopic (exact) mass is 467 g/mol. The number of hydrogen-bond acceptors (Lipinski definition) is 6. The Hall–Kier alpha value is -3.58. The summed E-state index contributed by atoms with van der Waals surface area (Å²) in [7, 11) is 1.55. The number of amides is 3. The van der Waals surface area contributed by atoms with Crippen molar-refractivity contribution < 1.29 is 24.2 Å². The number of ether oxygens (including phenoxy) is 1. The van der Waals surface area contributed by atoms with Crippen LogP contribution in [0.4, 0.5) is 0 Å². The minimum absolute atomic E-state index is 0.151. The van der Waals surface area contributed by atoms with Crippen LogP contribution in [0.25, 0.3) is 10.9 Å². The van der Waals surface area contributed by atoms with E-state index in [-0.39, 0.29) is 18.2 Å². The van der Waals surface area contributed by atoms with E-state index >= 15 is 0 Å². The number of aliphatic hydroxyl groups is 1. The molecule has 1 saturated carbocycles. The zero-order chi connectivity index (χ0) is 24.2. The smallest absolute Gasteiger partial charge is 0.268 e. The minimum Gasteiger partial charge on any atom is -0.496 e. The number of aliphatic hydroxyl groups excluding tert-OH is 1. The van der Waals surface area contributed by atoms with Gasteiger partial charge < -0.3 is 30.8 Å². The summed E-state index contributed by atoms with van der Waals surface area (Å²) in [5, 5.41) is 28.4. The Morgan fingerprint density at radius 1 is 1.26 bits per heavy atom. The Morgan fingerprint density at radius 3 is 2.71 bits per heavy atom. The number of fused-ring (bicyclic) bond motifs is 1. The fourth-order valence-electron chi connectivity index (χ4n) is 4.40. The normalized spacial score (nSPS) is 20.1. The highest BCUT2D eigenvalue weighted by Gasteiger charge is 2.35. The maximum Gasteiger partial charge on any atom is 0.268 e. The predicted molar refractivity (Wildman–Crippen MR) is 123 cm³/mol. The van der Waals surface area contributed by atoms with Gasteiger partial charge in [-0.2, -0.15) is 5.26 Å². The Kier molecular flexibility index (Phi) is 7.03. The van der Waals surface area contributed by atoms with Crippen LogP contribution in [-0.4, -0.2) is 59.7 Å². The van der Waals surface area contributed by atoms with Crippen molar-refractivity contribution in [1.29, 1.82) is 5.26 Å². The van der Waals surface area contributed by atoms with Crippen LogP contribution >= 0.6 is 0 Å². The molecule has 10 heteroatoms. The first kappa shape index (κ1) is 23.6. The first-order valence-electron chi connectivity index (χ1n) is 11.5. The van der Waals surface area contributed by atoms with E-state index in [1.54, 1.807) is 25.3 Å². The molecular weight excluding hydrogens is 438 g/mol. The predicted octanol–water partition coefficient (Wildman–Crippen LogP) is 0.970. The van der Waals surface area contributed by atoms with Gasteiger partial charge in [-0.05, 0) is 43.4 Å². The zero-order valence-corrected chi connectivity index (χ0v) is 19.0. The number of nitrogens with zero attached hydrogens (tertiary/aromatic N) is 1. The molecule has 3 amide bonds. The van der Waals surface area contributed by atoms with Crippen LogP contribution in [0.3, 0.4) is 0 Å². The summed E-state index contributed by atoms with van der Waals surface area (Å²) in [6, 6.07) is 7.12. The van der Waals surface area contributed by atoms with Gasteiger partial charge in [-0.15, -0.1) is 0 Å². The van der Waals surface area contributed by atoms with Gasteiger partial charge in [-0.3, -0.25) is 14.4 Å². The van der Waals surface area contributed by atoms with Gasteiger partial charge in [-0.25, -0.2) is 0 Å². The Morgan fingerprint density at radius 2 is 2.06 bits per heavy atom. The number of nitrogens with one attached hydrogen (secondary N) is 4. The summed E-state index contributed by atoms with van der Waals surface area (Å²) in [6.45, 7) is 0.530. The Labute approximate surface area is 197 Å². The van der Waals surface area contributed by atoms with Crippen molar-refractivity contribution in [3.63, 3.8) is 0 Å². The van der Waals surface area contributed by atoms with Crippen molar-refractivity contribution >= 4 is 28.6 Å². The molecule has 10 nitrogen and oxygen atoms in total. The number of aromatic nitrogens is 1. The molecule has 1 aliphatic heterocycles. The van der Waals surface area contributed by atoms with Crippen LogP contribution in [0.2, 0.25) is 0 Å². The van der Waals surface area contributed by atoms with Crippen LogP contribution in [0.15, 0.2) is 24.3 Å². The fourth-order valence-corrected chi connectivity index (χ4v) is 4.40. The van der Waals surface area contributed by atoms with Crippen molar-refractivity contribution in [3.8, 4) is 11.8 Å². The van der Waals surface area contributed by atoms with E-state index in [0.29, 0.717) is 36.7 Å². The lowest BCUT2D eigenvalue weighted by Crippen LogP contribution is -2.53. The zero-order valence-electron chi connectivity index (χ0n) is 19.0. The molecule has 1 saturated heterocycles. The highest BCUT2D eigenvalue weighted by atomic mass is 16.5. The summed E-state index contributed by atoms with van der Waals surface area (Å²) >= 11 is 0. The number of methoxy groups -OCH3 is 1. The fraction of sp³-hybridized carbons (Fsp3) is 0.500. The van der Waals surface area contributed by atoms with Crippen molar-refractivity contribution in [1.82, 2.24) is 20.9 Å². The first-order valence-corrected chi connectivity index (χ1v) is 11.5. The van der Waals surface area contributed by atoms with Crippen molar-refractivity contribution in [2.45, 2.75) is 50.3 Å². The molecule has 0 spiro atoms. The van der Waals surface area contributed by atoms with Gasteiger partial charge in [0, 0.05) is 23.4 Å². The molecule has 1 aromatic heterocycles. The highest BCUT2D eigenvalue weighted by molar-refractivity contribution is 6.01. The molecule has 4 rings (SSSR count). The van der Waals surface area contributed by atoms with Crippen LogP contribution in [0, 0.1) is 23.2 Å². The standard InChI is InChI=1S/C24H29N5O5/c1-34-21-4-2-3-16-15(21)11-19(27-16)24(33)29-18(9-13-5-6-13)23(32)28-17(20(30)12-25)10-14-7-8-26-22(14)31/h2-4,11,13-14,17-18,20,27,30H,5-10H2,1H3,(H,26,31)(H,28,32)(H,29,33)/t14-,17-,18-,20?/m0/s1. The molecule has 1 aliphatic carbocycles. The number of benzene rings is 1. The van der Waals surface area contributed by atoms with Crippen molar-refractivity contribution in [2.24, 2.45) is 11.8 Å². The number of aromatic amines is 1. The molecule has 2 heterocycles. The van der Waals surface area contributed by atoms with Crippen LogP contribution in [-0.2, 0) is 9.59 Å². The van der Waals surface area contributed by atoms with Gasteiger partial charge in [-0.1, -0.05) is 18.9 Å². The maximum absolute atomic E-state index is 13.2. The summed E-state index contributed by atoms with van der Waals surface area (Å²) in [5.74, 6) is -0.492. The molecule has 180 valence electrons. The molecule has 34 heavy (non-hydrogen) atoms. The molecule has 2 aliphatic rings. The average Bonchev–Trinajstić information content (AvgIpc) is 3.39. The van der Waals surface area contributed by atoms with E-state index in [1.807, 2.05) is 12.1 Å². The molecule has 0 radical (unpaired) electrons. The SMILES string of the molecule is COc1cccc2[nH]c(C(=O)N[C@@H](CC3CC3)C(=O)N[C@@H](C[C@@H]3CCNC3=O)C(O)C#N)cc12. The van der Waals surface area contributed by atoms with E-state index in [9.17, 15) is 24.8 Å². The number of H-pyrrole nitrogens is 1. The van der Waals surface area contributed by atoms with E-state index in [4.69, 9.17) is 4.74 Å². The molecule has 4 atom stereocenters. The van der Waals surface area contributed by atoms with Gasteiger partial charge >= 0.3 is 0 Å². The third-order valence-corrected chi connectivity index (χ3v) is 6.52. The van der Waals surface area contributed by atoms with Gasteiger partial charge in [0.2, 0.25) is 11.8 Å². The summed E-state index contributed by atoms with van der Waals surface area (Å²) in [5.41, 5.74) is 1.03. The minimum atomic E-state index is -1.46. The van der Waals surface area contributed by atoms with Crippen molar-refractivity contribution in [3.05, 3.63) is 30.0 Å². The summed E-state index contributed by atoms with van der Waals surface area (Å²) in [4.78, 5) is 41.2. The maximum atomic E-state index is 13.2. The molecule has 1 unspecified atom stereocenters. The summed E-state index contributed by atoms with van der Waals surface area (Å²) in [6.07, 6.45) is 1.69. The van der Waals surface area contributed by atoms with Crippen LogP contribution < -0.4 is 20.7 Å². The topological polar surface area (TPSA) is 156 Å². The molecule has 0 bridgehead atoms. The lowest BCUT2D eigenvalue weighted by Gasteiger charge is -2.25. The quantitative estimate of drug-likeness (QED) is 0.328. The molecule has 5 N–H and O–H groups in total. The molecular formula is C24H29N5O5. The van der Waals surface area contributed by atoms with E-state index in [1.165, 1.54) is 0 Å². The second kappa shape index (κ2) is 10.1. The third-order valence-electron chi connectivity index (χ3n) is 6.52. The highest BCUT2D eigenvalue weighted by Crippen LogP contribution is 2.34. The van der Waals surface area contributed by atoms with Gasteiger partial charge in [0.15, 0.2) is 6.10 Å². The van der Waals surface area contributed by atoms with Crippen LogP contribution in [0.5, 0.6) is 5.75 Å². The molecule has 2 fully saturated rings. The summed E-state index contributed by atoms with van der Waals surface area (Å²) < 4.78 is 5.35. The Balaban J connectivity index is 1.48. The molecule has 1 aromatic carbocycles. The van der Waals surface area contributed by atoms with E-state index < -0.39 is 30.0 Å². The number of carbonyl (C=O) groups is 3. The van der Waals surface area contributed by atoms with E-state index in [0.717, 1.165) is 23.7 Å². The number of nitriles is 1. The average molecular weight is 468 g/mol. The first-order chi connectivity index (χ1) is 16.4. The van der Waals surface area contributed by atoms with Crippen LogP contribution in [0.1, 0.15) is 42.6 Å². The van der Waals surface area contributed by atoms with Gasteiger partial charge in [0.1, 0.15) is 17.5 Å².